The van der Waals surface area contributed by atoms with Gasteiger partial charge in [0.05, 0.1) is 63.4 Å². The van der Waals surface area contributed by atoms with E-state index in [2.05, 4.69) is 54.5 Å². The number of ether oxygens (including phenoxy) is 16. The molecular formula is C76H124O39. The lowest BCUT2D eigenvalue weighted by Gasteiger charge is -2.71. The zero-order valence-corrected chi connectivity index (χ0v) is 65.9. The van der Waals surface area contributed by atoms with E-state index >= 15 is 4.79 Å². The maximum absolute atomic E-state index is 15.4. The number of carbonyl (C=O) groups excluding carboxylic acids is 1. The molecule has 8 saturated heterocycles. The highest BCUT2D eigenvalue weighted by molar-refractivity contribution is 5.79. The van der Waals surface area contributed by atoms with Crippen molar-refractivity contribution in [2.45, 2.75) is 366 Å². The Labute approximate surface area is 664 Å². The van der Waals surface area contributed by atoms with Gasteiger partial charge in [-0.3, -0.25) is 4.79 Å². The molecule has 8 aliphatic heterocycles. The molecule has 0 unspecified atom stereocenters. The molecule has 0 aromatic rings. The maximum Gasteiger partial charge on any atom is 0.315 e. The van der Waals surface area contributed by atoms with E-state index in [1.807, 2.05) is 0 Å². The fourth-order valence-electron chi connectivity index (χ4n) is 21.6. The van der Waals surface area contributed by atoms with Gasteiger partial charge in [0.1, 0.15) is 171 Å². The summed E-state index contributed by atoms with van der Waals surface area (Å²) < 4.78 is 94.8. The minimum absolute atomic E-state index is 0.0422. The second-order valence-electron chi connectivity index (χ2n) is 36.6. The van der Waals surface area contributed by atoms with Gasteiger partial charge < -0.3 is 188 Å². The van der Waals surface area contributed by atoms with E-state index in [-0.39, 0.29) is 40.6 Å². The summed E-state index contributed by atoms with van der Waals surface area (Å²) in [5.41, 5.74) is -1.78. The average molecular weight is 1660 g/mol. The quantitative estimate of drug-likeness (QED) is 0.0306. The first-order valence-corrected chi connectivity index (χ1v) is 40.4. The standard InChI is InChI=1S/C76H124O39/c1-27-40(81)46(87)52(93)64(103-27)111-58-33(22-78)106-62(55(96)49(58)90)101-25-35-44(85)48(89)54(95)67(109-35)115-70(99)76-18-16-71(3,4)20-30(76)29-10-11-38-73(7)14-13-39(72(5,6)37(73)12-15-75(38,9)74(29,8)17-19-76)110-69-61(42(83)31(80)24-100-69)114-68-57(98)60(41(82)28(2)104-68)113-63-51(92)45(86)36(26-102-63)108-65-56(97)50(91)59(34(23-79)107-65)112-66-53(94)47(88)43(84)32(21-77)105-66/h10,27-28,30-69,77-98H,11-26H2,1-9H3/t27-,28-,30-,31-,32+,33+,34+,35+,36+,37-,38-,39-,40-,41-,42-,43+,44+,45+,46+,47-,48-,49+,50+,51+,52+,53+,54+,55+,56+,57+,58+,59+,60+,61+,62+,63-,64-,65-,66-,67-,68-,69-,73-,74+,75+,76-/m0/s1. The molecule has 0 aromatic carbocycles. The van der Waals surface area contributed by atoms with Gasteiger partial charge >= 0.3 is 5.97 Å². The van der Waals surface area contributed by atoms with Crippen LogP contribution in [0.5, 0.6) is 0 Å². The van der Waals surface area contributed by atoms with Crippen molar-refractivity contribution in [3.8, 4) is 0 Å². The molecule has 0 radical (unpaired) electrons. The van der Waals surface area contributed by atoms with Gasteiger partial charge in [-0.15, -0.1) is 0 Å². The third kappa shape index (κ3) is 16.2. The van der Waals surface area contributed by atoms with Crippen molar-refractivity contribution in [1.29, 1.82) is 0 Å². The number of allylic oxidation sites excluding steroid dienone is 2. The van der Waals surface area contributed by atoms with Gasteiger partial charge in [0.15, 0.2) is 44.0 Å². The molecule has 39 nitrogen and oxygen atoms in total. The van der Waals surface area contributed by atoms with Crippen LogP contribution in [0.2, 0.25) is 0 Å². The molecule has 8 heterocycles. The lowest BCUT2D eigenvalue weighted by atomic mass is 9.33. The topological polar surface area (TPSA) is 610 Å². The van der Waals surface area contributed by atoms with Crippen LogP contribution in [0.15, 0.2) is 11.6 Å². The predicted octanol–water partition coefficient (Wildman–Crippen LogP) is -7.41. The molecule has 5 aliphatic carbocycles. The van der Waals surface area contributed by atoms with Crippen molar-refractivity contribution in [2.75, 3.05) is 39.6 Å². The van der Waals surface area contributed by atoms with E-state index < -0.39 is 295 Å². The first-order chi connectivity index (χ1) is 54.0. The molecule has 13 aliphatic rings. The number of aliphatic hydroxyl groups excluding tert-OH is 22. The highest BCUT2D eigenvalue weighted by Crippen LogP contribution is 2.76. The lowest BCUT2D eigenvalue weighted by Crippen LogP contribution is -2.66. The summed E-state index contributed by atoms with van der Waals surface area (Å²) in [6.45, 7) is 14.4. The van der Waals surface area contributed by atoms with E-state index in [1.54, 1.807) is 0 Å². The third-order valence-electron chi connectivity index (χ3n) is 29.0. The van der Waals surface area contributed by atoms with Crippen molar-refractivity contribution in [2.24, 2.45) is 50.2 Å². The summed E-state index contributed by atoms with van der Waals surface area (Å²) >= 11 is 0. The Bertz CT molecular complexity index is 3290. The Morgan fingerprint density at radius 1 is 0.417 bits per heavy atom. The van der Waals surface area contributed by atoms with Crippen LogP contribution < -0.4 is 0 Å². The highest BCUT2D eigenvalue weighted by Gasteiger charge is 2.71. The summed E-state index contributed by atoms with van der Waals surface area (Å²) in [5, 5.41) is 241. The Kier molecular flexibility index (Phi) is 27.3. The number of esters is 1. The molecule has 0 spiro atoms. The number of rotatable bonds is 20. The molecule has 0 bridgehead atoms. The molecule has 0 aromatic heterocycles. The summed E-state index contributed by atoms with van der Waals surface area (Å²) in [6.07, 6.45) is -56.6. The molecule has 662 valence electrons. The van der Waals surface area contributed by atoms with Gasteiger partial charge in [0.2, 0.25) is 6.29 Å². The maximum atomic E-state index is 15.4. The molecular weight excluding hydrogens is 1540 g/mol. The van der Waals surface area contributed by atoms with Gasteiger partial charge in [-0.1, -0.05) is 60.1 Å². The average Bonchev–Trinajstić information content (AvgIpc) is 0.676. The van der Waals surface area contributed by atoms with Gasteiger partial charge in [0.25, 0.3) is 0 Å². The predicted molar refractivity (Wildman–Crippen MR) is 379 cm³/mol. The second kappa shape index (κ2) is 34.7. The van der Waals surface area contributed by atoms with E-state index in [0.717, 1.165) is 18.4 Å². The van der Waals surface area contributed by atoms with E-state index in [4.69, 9.17) is 75.8 Å². The Morgan fingerprint density at radius 2 is 0.913 bits per heavy atom. The van der Waals surface area contributed by atoms with Crippen LogP contribution in [0.1, 0.15) is 127 Å². The van der Waals surface area contributed by atoms with Crippen LogP contribution in [0.3, 0.4) is 0 Å². The molecule has 12 fully saturated rings. The zero-order chi connectivity index (χ0) is 83.7. The number of hydrogen-bond donors (Lipinski definition) is 22. The molecule has 46 atom stereocenters. The van der Waals surface area contributed by atoms with E-state index in [0.29, 0.717) is 51.4 Å². The molecule has 115 heavy (non-hydrogen) atoms. The number of hydrogen-bond acceptors (Lipinski definition) is 39. The summed E-state index contributed by atoms with van der Waals surface area (Å²) in [4.78, 5) is 15.4. The highest BCUT2D eigenvalue weighted by atomic mass is 16.8. The zero-order valence-electron chi connectivity index (χ0n) is 65.9. The summed E-state index contributed by atoms with van der Waals surface area (Å²) in [6, 6.07) is 0. The minimum Gasteiger partial charge on any atom is -0.432 e. The van der Waals surface area contributed by atoms with Gasteiger partial charge in [-0.25, -0.2) is 0 Å². The van der Waals surface area contributed by atoms with Gasteiger partial charge in [-0.05, 0) is 123 Å². The number of fused-ring (bicyclic) bond motifs is 7. The first kappa shape index (κ1) is 90.5. The van der Waals surface area contributed by atoms with Crippen LogP contribution in [0.4, 0.5) is 0 Å². The molecule has 39 heteroatoms. The molecule has 22 N–H and O–H groups in total. The SMILES string of the molecule is C[C@@H]1O[C@@H](O[C@H]2[C@H](O)[C@@H](O)[C@H](OC[C@H]3O[C@@H](OC(=O)[C@]45CCC(C)(C)C[C@H]4C4=CC[C@H]6[C@@]7(C)CC[C@H](O[C@@H]8OC[C@H](O)[C@H](O)[C@H]8O[C@@H]8O[C@@H](C)[C@H](O)[C@@H](O[C@@H]9OC[C@@H](O[C@@H]%10O[C@H](CO)[C@@H](O[C@@H]%11O[C@H](CO)[C@@H](O)[C@H](O)[C@H]%11O)[C@H](O)[C@H]%10O)[C@@H](O)[C@H]9O)[C@H]8O)C(C)(C)[C@@H]7CC[C@@]6(C)[C@]4(C)CC5)[C@H](O)[C@@H](O)[C@@H]3O)O[C@@H]2CO)[C@H](O)[C@H](O)[C@H]1O. The van der Waals surface area contributed by atoms with Crippen LogP contribution in [-0.4, -0.2) is 397 Å². The third-order valence-corrected chi connectivity index (χ3v) is 29.0. The summed E-state index contributed by atoms with van der Waals surface area (Å²) in [5.74, 6) is -0.804. The van der Waals surface area contributed by atoms with Crippen LogP contribution in [-0.2, 0) is 80.6 Å². The van der Waals surface area contributed by atoms with Crippen LogP contribution >= 0.6 is 0 Å². The Hall–Kier alpha value is -2.27. The smallest absolute Gasteiger partial charge is 0.315 e. The van der Waals surface area contributed by atoms with Gasteiger partial charge in [0, 0.05) is 0 Å². The van der Waals surface area contributed by atoms with Crippen molar-refractivity contribution < 1.29 is 193 Å². The number of aliphatic hydroxyl groups is 22. The van der Waals surface area contributed by atoms with Crippen molar-refractivity contribution in [1.82, 2.24) is 0 Å². The van der Waals surface area contributed by atoms with Crippen molar-refractivity contribution >= 4 is 5.97 Å². The van der Waals surface area contributed by atoms with E-state index in [1.165, 1.54) is 13.8 Å². The Balaban J connectivity index is 0.639. The van der Waals surface area contributed by atoms with Crippen LogP contribution in [0, 0.1) is 50.2 Å². The van der Waals surface area contributed by atoms with E-state index in [9.17, 15) is 112 Å². The number of carbonyl (C=O) groups is 1. The molecule has 4 saturated carbocycles. The Morgan fingerprint density at radius 3 is 1.55 bits per heavy atom. The normalized spacial score (nSPS) is 54.6. The van der Waals surface area contributed by atoms with Crippen molar-refractivity contribution in [3.63, 3.8) is 0 Å². The first-order valence-electron chi connectivity index (χ1n) is 40.4. The summed E-state index contributed by atoms with van der Waals surface area (Å²) in [7, 11) is 0. The van der Waals surface area contributed by atoms with Crippen LogP contribution in [0.25, 0.3) is 0 Å². The molecule has 0 amide bonds. The monoisotopic (exact) mass is 1660 g/mol. The fourth-order valence-corrected chi connectivity index (χ4v) is 21.6. The molecule has 13 rings (SSSR count). The van der Waals surface area contributed by atoms with Gasteiger partial charge in [-0.2, -0.15) is 0 Å². The second-order valence-corrected chi connectivity index (χ2v) is 36.6. The largest absolute Gasteiger partial charge is 0.432 e. The van der Waals surface area contributed by atoms with Crippen molar-refractivity contribution in [3.05, 3.63) is 11.6 Å². The fraction of sp³-hybridized carbons (Fsp3) is 0.961. The minimum atomic E-state index is -2.02. The lowest BCUT2D eigenvalue weighted by molar-refractivity contribution is -0.386.